The van der Waals surface area contributed by atoms with Crippen LogP contribution in [-0.4, -0.2) is 17.9 Å². The molecule has 0 unspecified atom stereocenters. The van der Waals surface area contributed by atoms with Crippen LogP contribution in [0.15, 0.2) is 28.9 Å². The van der Waals surface area contributed by atoms with Crippen LogP contribution in [0.1, 0.15) is 10.4 Å². The number of rotatable bonds is 2. The molecule has 0 aliphatic carbocycles. The van der Waals surface area contributed by atoms with Crippen molar-refractivity contribution in [2.24, 2.45) is 5.73 Å². The lowest BCUT2D eigenvalue weighted by Crippen LogP contribution is -2.14. The third-order valence-electron chi connectivity index (χ3n) is 2.35. The number of benzene rings is 1. The highest BCUT2D eigenvalue weighted by Gasteiger charge is 2.11. The largest absolute Gasteiger partial charge is 0.387 e. The second kappa shape index (κ2) is 4.09. The fourth-order valence-electron chi connectivity index (χ4n) is 1.62. The van der Waals surface area contributed by atoms with Gasteiger partial charge in [0.2, 0.25) is 0 Å². The molecule has 1 amide bonds. The third-order valence-corrected chi connectivity index (χ3v) is 2.84. The predicted molar refractivity (Wildman–Crippen MR) is 67.5 cm³/mol. The zero-order valence-corrected chi connectivity index (χ0v) is 10.2. The highest BCUT2D eigenvalue weighted by atomic mass is 79.9. The molecule has 1 heterocycles. The fourth-order valence-corrected chi connectivity index (χ4v) is 1.98. The van der Waals surface area contributed by atoms with Crippen molar-refractivity contribution in [1.82, 2.24) is 4.98 Å². The van der Waals surface area contributed by atoms with Crippen LogP contribution in [0.5, 0.6) is 0 Å². The van der Waals surface area contributed by atoms with Gasteiger partial charge < -0.3 is 11.1 Å². The van der Waals surface area contributed by atoms with Crippen molar-refractivity contribution in [2.75, 3.05) is 12.4 Å². The minimum Gasteiger partial charge on any atom is -0.387 e. The monoisotopic (exact) mass is 279 g/mol. The number of amides is 1. The lowest BCUT2D eigenvalue weighted by molar-refractivity contribution is 0.100. The van der Waals surface area contributed by atoms with Crippen molar-refractivity contribution in [3.05, 3.63) is 34.4 Å². The molecule has 5 heteroatoms. The number of hydrogen-bond donors (Lipinski definition) is 2. The number of hydrogen-bond acceptors (Lipinski definition) is 3. The summed E-state index contributed by atoms with van der Waals surface area (Å²) in [5.41, 5.74) is 7.21. The quantitative estimate of drug-likeness (QED) is 0.885. The predicted octanol–water partition coefficient (Wildman–Crippen LogP) is 2.14. The van der Waals surface area contributed by atoms with E-state index in [1.807, 2.05) is 18.2 Å². The molecule has 0 saturated heterocycles. The molecule has 0 spiro atoms. The molecular weight excluding hydrogens is 270 g/mol. The van der Waals surface area contributed by atoms with Crippen LogP contribution in [0.3, 0.4) is 0 Å². The Hall–Kier alpha value is -1.62. The maximum atomic E-state index is 11.2. The second-order valence-electron chi connectivity index (χ2n) is 3.32. The van der Waals surface area contributed by atoms with E-state index in [2.05, 4.69) is 26.2 Å². The molecule has 82 valence electrons. The Labute approximate surface area is 101 Å². The number of nitrogens with two attached hydrogens (primary N) is 1. The van der Waals surface area contributed by atoms with Crippen LogP contribution in [0.25, 0.3) is 10.9 Å². The Kier molecular flexibility index (Phi) is 2.78. The lowest BCUT2D eigenvalue weighted by Gasteiger charge is -2.09. The second-order valence-corrected chi connectivity index (χ2v) is 4.24. The molecule has 2 rings (SSSR count). The summed E-state index contributed by atoms with van der Waals surface area (Å²) < 4.78 is 0.930. The molecule has 2 aromatic rings. The molecule has 0 atom stereocenters. The van der Waals surface area contributed by atoms with Gasteiger partial charge in [0.05, 0.1) is 16.8 Å². The zero-order valence-electron chi connectivity index (χ0n) is 8.62. The minimum atomic E-state index is -0.487. The van der Waals surface area contributed by atoms with Crippen LogP contribution in [0, 0.1) is 0 Å². The van der Waals surface area contributed by atoms with Gasteiger partial charge in [0.25, 0.3) is 5.91 Å². The molecular formula is C11H10BrN3O. The number of aromatic nitrogens is 1. The molecule has 3 N–H and O–H groups in total. The van der Waals surface area contributed by atoms with E-state index in [-0.39, 0.29) is 0 Å². The number of primary amides is 1. The molecule has 4 nitrogen and oxygen atoms in total. The van der Waals surface area contributed by atoms with E-state index >= 15 is 0 Å². The topological polar surface area (TPSA) is 68.0 Å². The first-order chi connectivity index (χ1) is 7.63. The summed E-state index contributed by atoms with van der Waals surface area (Å²) in [6.45, 7) is 0. The van der Waals surface area contributed by atoms with Gasteiger partial charge in [-0.3, -0.25) is 9.78 Å². The average molecular weight is 280 g/mol. The van der Waals surface area contributed by atoms with Gasteiger partial charge in [0, 0.05) is 23.1 Å². The van der Waals surface area contributed by atoms with Crippen molar-refractivity contribution in [3.63, 3.8) is 0 Å². The van der Waals surface area contributed by atoms with Gasteiger partial charge in [0.1, 0.15) is 0 Å². The van der Waals surface area contributed by atoms with Crippen LogP contribution in [0.4, 0.5) is 5.69 Å². The normalized spacial score (nSPS) is 10.4. The van der Waals surface area contributed by atoms with Gasteiger partial charge in [-0.2, -0.15) is 0 Å². The van der Waals surface area contributed by atoms with E-state index in [9.17, 15) is 4.79 Å². The summed E-state index contributed by atoms with van der Waals surface area (Å²) >= 11 is 3.39. The zero-order chi connectivity index (χ0) is 11.7. The Morgan fingerprint density at radius 2 is 2.25 bits per heavy atom. The first kappa shape index (κ1) is 10.9. The summed E-state index contributed by atoms with van der Waals surface area (Å²) in [6.07, 6.45) is 1.49. The SMILES string of the molecule is CNc1c(C(N)=O)cnc2ccc(Br)cc12. The van der Waals surface area contributed by atoms with Crippen molar-refractivity contribution in [2.45, 2.75) is 0 Å². The summed E-state index contributed by atoms with van der Waals surface area (Å²) in [6, 6.07) is 5.68. The third kappa shape index (κ3) is 1.74. The Balaban J connectivity index is 2.83. The fraction of sp³-hybridized carbons (Fsp3) is 0.0909. The van der Waals surface area contributed by atoms with Gasteiger partial charge in [-0.15, -0.1) is 0 Å². The maximum absolute atomic E-state index is 11.2. The van der Waals surface area contributed by atoms with Gasteiger partial charge in [-0.25, -0.2) is 0 Å². The van der Waals surface area contributed by atoms with Crippen LogP contribution in [-0.2, 0) is 0 Å². The number of halogens is 1. The maximum Gasteiger partial charge on any atom is 0.252 e. The standard InChI is InChI=1S/C11H10BrN3O/c1-14-10-7-4-6(12)2-3-9(7)15-5-8(10)11(13)16/h2-5H,1H3,(H2,13,16)(H,14,15). The number of carbonyl (C=O) groups excluding carboxylic acids is 1. The Morgan fingerprint density at radius 3 is 2.88 bits per heavy atom. The van der Waals surface area contributed by atoms with Crippen molar-refractivity contribution in [3.8, 4) is 0 Å². The van der Waals surface area contributed by atoms with E-state index in [1.165, 1.54) is 6.20 Å². The molecule has 0 radical (unpaired) electrons. The summed E-state index contributed by atoms with van der Waals surface area (Å²) in [5.74, 6) is -0.487. The minimum absolute atomic E-state index is 0.396. The summed E-state index contributed by atoms with van der Waals surface area (Å²) in [7, 11) is 1.75. The van der Waals surface area contributed by atoms with Gasteiger partial charge in [0.15, 0.2) is 0 Å². The highest BCUT2D eigenvalue weighted by molar-refractivity contribution is 9.10. The Morgan fingerprint density at radius 1 is 1.50 bits per heavy atom. The van der Waals surface area contributed by atoms with Crippen molar-refractivity contribution in [1.29, 1.82) is 0 Å². The molecule has 0 fully saturated rings. The summed E-state index contributed by atoms with van der Waals surface area (Å²) in [4.78, 5) is 15.4. The molecule has 0 saturated carbocycles. The van der Waals surface area contributed by atoms with E-state index in [4.69, 9.17) is 5.73 Å². The number of fused-ring (bicyclic) bond motifs is 1. The number of anilines is 1. The van der Waals surface area contributed by atoms with E-state index < -0.39 is 5.91 Å². The van der Waals surface area contributed by atoms with Crippen LogP contribution < -0.4 is 11.1 Å². The number of carbonyl (C=O) groups is 1. The molecule has 0 aliphatic heterocycles. The Bertz CT molecular complexity index is 568. The molecule has 0 aliphatic rings. The molecule has 0 bridgehead atoms. The van der Waals surface area contributed by atoms with Crippen LogP contribution >= 0.6 is 15.9 Å². The van der Waals surface area contributed by atoms with Gasteiger partial charge in [-0.05, 0) is 18.2 Å². The van der Waals surface area contributed by atoms with E-state index in [1.54, 1.807) is 7.05 Å². The summed E-state index contributed by atoms with van der Waals surface area (Å²) in [5, 5.41) is 3.85. The highest BCUT2D eigenvalue weighted by Crippen LogP contribution is 2.27. The lowest BCUT2D eigenvalue weighted by atomic mass is 10.1. The molecule has 16 heavy (non-hydrogen) atoms. The smallest absolute Gasteiger partial charge is 0.252 e. The van der Waals surface area contributed by atoms with Gasteiger partial charge in [-0.1, -0.05) is 15.9 Å². The van der Waals surface area contributed by atoms with E-state index in [0.717, 1.165) is 15.4 Å². The van der Waals surface area contributed by atoms with Crippen molar-refractivity contribution < 1.29 is 4.79 Å². The number of nitrogens with one attached hydrogen (secondary N) is 1. The van der Waals surface area contributed by atoms with Crippen molar-refractivity contribution >= 4 is 38.4 Å². The van der Waals surface area contributed by atoms with Gasteiger partial charge >= 0.3 is 0 Å². The number of pyridine rings is 1. The first-order valence-corrected chi connectivity index (χ1v) is 5.48. The van der Waals surface area contributed by atoms with E-state index in [0.29, 0.717) is 11.3 Å². The average Bonchev–Trinajstić information content (AvgIpc) is 2.27. The molecule has 1 aromatic carbocycles. The van der Waals surface area contributed by atoms with Crippen LogP contribution in [0.2, 0.25) is 0 Å². The number of nitrogens with zero attached hydrogens (tertiary/aromatic N) is 1. The molecule has 1 aromatic heterocycles. The first-order valence-electron chi connectivity index (χ1n) is 4.69.